The molecule has 0 aromatic heterocycles. The number of nitrogens with zero attached hydrogens (tertiary/aromatic N) is 2. The lowest BCUT2D eigenvalue weighted by Gasteiger charge is -2.24. The molecular formula is C18H22FN3O5S2. The van der Waals surface area contributed by atoms with Crippen LogP contribution in [0.4, 0.5) is 14.9 Å². The van der Waals surface area contributed by atoms with Gasteiger partial charge in [0, 0.05) is 10.9 Å². The number of anilines is 1. The molecule has 2 aliphatic rings. The van der Waals surface area contributed by atoms with Gasteiger partial charge in [0.25, 0.3) is 5.91 Å². The zero-order valence-corrected chi connectivity index (χ0v) is 17.8. The molecule has 0 saturated carbocycles. The highest BCUT2D eigenvalue weighted by Crippen LogP contribution is 2.40. The predicted molar refractivity (Wildman–Crippen MR) is 109 cm³/mol. The summed E-state index contributed by atoms with van der Waals surface area (Å²) in [5, 5.41) is 2.41. The van der Waals surface area contributed by atoms with Crippen LogP contribution in [0.1, 0.15) is 20.8 Å². The molecule has 2 atom stereocenters. The van der Waals surface area contributed by atoms with E-state index in [4.69, 9.17) is 4.74 Å². The van der Waals surface area contributed by atoms with Crippen LogP contribution in [0.15, 0.2) is 29.3 Å². The van der Waals surface area contributed by atoms with Crippen molar-refractivity contribution in [2.24, 2.45) is 4.99 Å². The number of hydrogen-bond donors (Lipinski definition) is 1. The molecule has 0 spiro atoms. The van der Waals surface area contributed by atoms with Crippen molar-refractivity contribution < 1.29 is 27.1 Å². The SMILES string of the molecule is CC(C)(C)OC(=O)NCC(=O)N=C1SC2CS(=O)(=O)CC2N1c1ccc(F)cc1. The fourth-order valence-electron chi connectivity index (χ4n) is 3.08. The Balaban J connectivity index is 1.77. The second-order valence-electron chi connectivity index (χ2n) is 7.79. The monoisotopic (exact) mass is 443 g/mol. The minimum Gasteiger partial charge on any atom is -0.444 e. The second-order valence-corrected chi connectivity index (χ2v) is 11.2. The Labute approximate surface area is 172 Å². The Morgan fingerprint density at radius 2 is 1.93 bits per heavy atom. The van der Waals surface area contributed by atoms with Crippen molar-refractivity contribution >= 4 is 44.5 Å². The van der Waals surface area contributed by atoms with Gasteiger partial charge in [-0.3, -0.25) is 4.79 Å². The molecule has 0 radical (unpaired) electrons. The van der Waals surface area contributed by atoms with E-state index in [1.807, 2.05) is 0 Å². The highest BCUT2D eigenvalue weighted by Gasteiger charge is 2.49. The number of alkyl carbamates (subject to hydrolysis) is 1. The zero-order valence-electron chi connectivity index (χ0n) is 16.2. The number of sulfone groups is 1. The molecule has 11 heteroatoms. The van der Waals surface area contributed by atoms with Crippen LogP contribution in [0, 0.1) is 5.82 Å². The smallest absolute Gasteiger partial charge is 0.408 e. The first-order chi connectivity index (χ1) is 13.4. The summed E-state index contributed by atoms with van der Waals surface area (Å²) in [5.41, 5.74) is -0.141. The summed E-state index contributed by atoms with van der Waals surface area (Å²) in [4.78, 5) is 29.7. The number of benzene rings is 1. The van der Waals surface area contributed by atoms with Gasteiger partial charge in [-0.05, 0) is 45.0 Å². The average Bonchev–Trinajstić information content (AvgIpc) is 3.03. The summed E-state index contributed by atoms with van der Waals surface area (Å²) in [6, 6.07) is 5.17. The molecule has 2 unspecified atom stereocenters. The van der Waals surface area contributed by atoms with Gasteiger partial charge in [-0.25, -0.2) is 17.6 Å². The largest absolute Gasteiger partial charge is 0.444 e. The Morgan fingerprint density at radius 1 is 1.28 bits per heavy atom. The van der Waals surface area contributed by atoms with Gasteiger partial charge in [0.05, 0.1) is 17.5 Å². The van der Waals surface area contributed by atoms with Crippen molar-refractivity contribution in [3.05, 3.63) is 30.1 Å². The molecule has 2 fully saturated rings. The molecule has 2 amide bonds. The number of halogens is 1. The minimum absolute atomic E-state index is 0.0105. The number of amides is 2. The Morgan fingerprint density at radius 3 is 2.55 bits per heavy atom. The topological polar surface area (TPSA) is 105 Å². The molecule has 8 nitrogen and oxygen atoms in total. The van der Waals surface area contributed by atoms with Gasteiger partial charge >= 0.3 is 6.09 Å². The highest BCUT2D eigenvalue weighted by molar-refractivity contribution is 8.16. The minimum atomic E-state index is -3.20. The van der Waals surface area contributed by atoms with Crippen LogP contribution in [-0.4, -0.2) is 60.5 Å². The van der Waals surface area contributed by atoms with Gasteiger partial charge in [-0.2, -0.15) is 4.99 Å². The van der Waals surface area contributed by atoms with E-state index in [0.29, 0.717) is 10.9 Å². The number of hydrogen-bond acceptors (Lipinski definition) is 6. The van der Waals surface area contributed by atoms with E-state index < -0.39 is 33.3 Å². The molecule has 2 heterocycles. The number of rotatable bonds is 3. The van der Waals surface area contributed by atoms with E-state index in [2.05, 4.69) is 10.3 Å². The molecule has 1 aromatic carbocycles. The molecular weight excluding hydrogens is 421 g/mol. The van der Waals surface area contributed by atoms with Gasteiger partial charge in [-0.1, -0.05) is 11.8 Å². The van der Waals surface area contributed by atoms with Crippen molar-refractivity contribution in [1.82, 2.24) is 5.32 Å². The average molecular weight is 444 g/mol. The fraction of sp³-hybridized carbons (Fsp3) is 0.500. The Bertz CT molecular complexity index is 941. The quantitative estimate of drug-likeness (QED) is 0.761. The van der Waals surface area contributed by atoms with E-state index in [0.717, 1.165) is 0 Å². The Hall–Kier alpha value is -2.14. The van der Waals surface area contributed by atoms with Crippen molar-refractivity contribution in [2.45, 2.75) is 37.7 Å². The third-order valence-corrected chi connectivity index (χ3v) is 7.38. The molecule has 1 aromatic rings. The van der Waals surface area contributed by atoms with Crippen molar-refractivity contribution in [2.75, 3.05) is 23.0 Å². The first-order valence-corrected chi connectivity index (χ1v) is 11.6. The number of nitrogens with one attached hydrogen (secondary N) is 1. The summed E-state index contributed by atoms with van der Waals surface area (Å²) in [5.74, 6) is -1.10. The summed E-state index contributed by atoms with van der Waals surface area (Å²) < 4.78 is 42.4. The molecule has 0 aliphatic carbocycles. The van der Waals surface area contributed by atoms with Crippen molar-refractivity contribution in [1.29, 1.82) is 0 Å². The van der Waals surface area contributed by atoms with Crippen LogP contribution in [0.2, 0.25) is 0 Å². The maximum atomic E-state index is 13.3. The van der Waals surface area contributed by atoms with E-state index >= 15 is 0 Å². The zero-order chi connectivity index (χ0) is 21.4. The van der Waals surface area contributed by atoms with Crippen LogP contribution >= 0.6 is 11.8 Å². The first-order valence-electron chi connectivity index (χ1n) is 8.94. The van der Waals surface area contributed by atoms with Gasteiger partial charge in [0.15, 0.2) is 15.0 Å². The summed E-state index contributed by atoms with van der Waals surface area (Å²) >= 11 is 1.20. The first kappa shape index (κ1) is 21.6. The molecule has 3 rings (SSSR count). The maximum absolute atomic E-state index is 13.3. The van der Waals surface area contributed by atoms with Gasteiger partial charge in [-0.15, -0.1) is 0 Å². The lowest BCUT2D eigenvalue weighted by molar-refractivity contribution is -0.117. The number of carbonyl (C=O) groups excluding carboxylic acids is 2. The summed E-state index contributed by atoms with van der Waals surface area (Å²) in [7, 11) is -3.20. The van der Waals surface area contributed by atoms with Crippen molar-refractivity contribution in [3.63, 3.8) is 0 Å². The molecule has 158 valence electrons. The number of fused-ring (bicyclic) bond motifs is 1. The third kappa shape index (κ3) is 5.47. The molecule has 2 saturated heterocycles. The molecule has 2 aliphatic heterocycles. The van der Waals surface area contributed by atoms with Crippen LogP contribution < -0.4 is 10.2 Å². The third-order valence-electron chi connectivity index (χ3n) is 4.17. The standard InChI is InChI=1S/C18H22FN3O5S2/c1-18(2,3)27-17(24)20-8-15(23)21-16-22(12-6-4-11(19)5-7-12)13-9-29(25,26)10-14(13)28-16/h4-7,13-14H,8-10H2,1-3H3,(H,20,24). The second kappa shape index (κ2) is 7.94. The highest BCUT2D eigenvalue weighted by atomic mass is 32.2. The number of amidine groups is 1. The van der Waals surface area contributed by atoms with Crippen LogP contribution in [-0.2, 0) is 19.4 Å². The molecule has 1 N–H and O–H groups in total. The van der Waals surface area contributed by atoms with Gasteiger partial charge < -0.3 is 15.0 Å². The lowest BCUT2D eigenvalue weighted by atomic mass is 10.2. The normalized spacial score (nSPS) is 24.4. The van der Waals surface area contributed by atoms with E-state index in [9.17, 15) is 22.4 Å². The van der Waals surface area contributed by atoms with Crippen LogP contribution in [0.25, 0.3) is 0 Å². The number of thioether (sulfide) groups is 1. The van der Waals surface area contributed by atoms with Crippen LogP contribution in [0.3, 0.4) is 0 Å². The number of carbonyl (C=O) groups is 2. The van der Waals surface area contributed by atoms with Gasteiger partial charge in [0.1, 0.15) is 18.0 Å². The number of ether oxygens (including phenoxy) is 1. The van der Waals surface area contributed by atoms with E-state index in [-0.39, 0.29) is 29.3 Å². The Kier molecular flexibility index (Phi) is 5.91. The van der Waals surface area contributed by atoms with E-state index in [1.165, 1.54) is 36.0 Å². The van der Waals surface area contributed by atoms with Gasteiger partial charge in [0.2, 0.25) is 0 Å². The predicted octanol–water partition coefficient (Wildman–Crippen LogP) is 1.95. The fourth-order valence-corrected chi connectivity index (χ4v) is 7.01. The van der Waals surface area contributed by atoms with Crippen molar-refractivity contribution in [3.8, 4) is 0 Å². The maximum Gasteiger partial charge on any atom is 0.408 e. The lowest BCUT2D eigenvalue weighted by Crippen LogP contribution is -2.38. The molecule has 29 heavy (non-hydrogen) atoms. The summed E-state index contributed by atoms with van der Waals surface area (Å²) in [6.07, 6.45) is -0.733. The summed E-state index contributed by atoms with van der Waals surface area (Å²) in [6.45, 7) is 4.76. The van der Waals surface area contributed by atoms with E-state index in [1.54, 1.807) is 25.7 Å². The van der Waals surface area contributed by atoms with Crippen LogP contribution in [0.5, 0.6) is 0 Å². The molecule has 0 bridgehead atoms. The number of aliphatic imine (C=N–C) groups is 1.